The molecule has 1 N–H and O–H groups in total. The van der Waals surface area contributed by atoms with Crippen LogP contribution >= 0.6 is 0 Å². The summed E-state index contributed by atoms with van der Waals surface area (Å²) in [5.41, 5.74) is 0. The molecule has 3 heteroatoms. The van der Waals surface area contributed by atoms with Crippen LogP contribution in [0, 0.1) is 5.92 Å². The molecule has 3 nitrogen and oxygen atoms in total. The van der Waals surface area contributed by atoms with Crippen molar-refractivity contribution in [2.45, 2.75) is 76.9 Å². The van der Waals surface area contributed by atoms with Gasteiger partial charge in [-0.15, -0.1) is 0 Å². The van der Waals surface area contributed by atoms with Gasteiger partial charge >= 0.3 is 0 Å². The van der Waals surface area contributed by atoms with Gasteiger partial charge in [-0.1, -0.05) is 26.7 Å². The van der Waals surface area contributed by atoms with Crippen LogP contribution in [0.3, 0.4) is 0 Å². The monoisotopic (exact) mass is 293 g/mol. The highest BCUT2D eigenvalue weighted by Gasteiger charge is 2.33. The lowest BCUT2D eigenvalue weighted by atomic mass is 9.78. The standard InChI is InChI=1S/C18H35N3/c1-3-21(4-2)17-11-12-20(14-17)13-16-10-9-15-7-5-6-8-18(15)19-16/h15-19H,3-14H2,1-2H3. The second-order valence-electron chi connectivity index (χ2n) is 7.52. The summed E-state index contributed by atoms with van der Waals surface area (Å²) in [5.74, 6) is 0.997. The summed E-state index contributed by atoms with van der Waals surface area (Å²) in [7, 11) is 0. The summed E-state index contributed by atoms with van der Waals surface area (Å²) in [6.07, 6.45) is 10.1. The summed E-state index contributed by atoms with van der Waals surface area (Å²) >= 11 is 0. The maximum Gasteiger partial charge on any atom is 0.0235 e. The third-order valence-electron chi connectivity index (χ3n) is 6.30. The Morgan fingerprint density at radius 2 is 1.81 bits per heavy atom. The number of hydrogen-bond donors (Lipinski definition) is 1. The zero-order valence-corrected chi connectivity index (χ0v) is 14.2. The van der Waals surface area contributed by atoms with Crippen molar-refractivity contribution in [1.29, 1.82) is 0 Å². The van der Waals surface area contributed by atoms with Gasteiger partial charge in [0, 0.05) is 31.2 Å². The van der Waals surface area contributed by atoms with Gasteiger partial charge in [-0.3, -0.25) is 4.90 Å². The first-order valence-corrected chi connectivity index (χ1v) is 9.52. The number of likely N-dealkylation sites (tertiary alicyclic amines) is 1. The van der Waals surface area contributed by atoms with E-state index in [2.05, 4.69) is 29.0 Å². The maximum absolute atomic E-state index is 4.00. The molecule has 0 aromatic heterocycles. The van der Waals surface area contributed by atoms with Crippen LogP contribution in [0.2, 0.25) is 0 Å². The molecule has 2 saturated heterocycles. The van der Waals surface area contributed by atoms with E-state index in [-0.39, 0.29) is 0 Å². The third-order valence-corrected chi connectivity index (χ3v) is 6.30. The lowest BCUT2D eigenvalue weighted by Crippen LogP contribution is -2.52. The van der Waals surface area contributed by atoms with Crippen LogP contribution in [0.4, 0.5) is 0 Å². The van der Waals surface area contributed by atoms with E-state index in [1.54, 1.807) is 0 Å². The van der Waals surface area contributed by atoms with Gasteiger partial charge in [0.25, 0.3) is 0 Å². The SMILES string of the molecule is CCN(CC)C1CCN(CC2CCC3CCCCC3N2)C1. The Kier molecular flexibility index (Phi) is 5.58. The van der Waals surface area contributed by atoms with Gasteiger partial charge in [-0.2, -0.15) is 0 Å². The normalized spacial score (nSPS) is 37.9. The van der Waals surface area contributed by atoms with Crippen LogP contribution in [-0.4, -0.2) is 60.6 Å². The number of fused-ring (bicyclic) bond motifs is 1. The quantitative estimate of drug-likeness (QED) is 0.841. The van der Waals surface area contributed by atoms with E-state index < -0.39 is 0 Å². The number of rotatable bonds is 5. The Balaban J connectivity index is 1.45. The van der Waals surface area contributed by atoms with Crippen molar-refractivity contribution >= 4 is 0 Å². The second kappa shape index (κ2) is 7.43. The molecule has 4 unspecified atom stereocenters. The fraction of sp³-hybridized carbons (Fsp3) is 1.00. The van der Waals surface area contributed by atoms with Crippen molar-refractivity contribution in [2.24, 2.45) is 5.92 Å². The lowest BCUT2D eigenvalue weighted by molar-refractivity contribution is 0.146. The van der Waals surface area contributed by atoms with E-state index in [1.807, 2.05) is 0 Å². The number of likely N-dealkylation sites (N-methyl/N-ethyl adjacent to an activating group) is 1. The topological polar surface area (TPSA) is 18.5 Å². The molecule has 3 fully saturated rings. The molecule has 2 aliphatic heterocycles. The molecule has 0 aromatic carbocycles. The van der Waals surface area contributed by atoms with Gasteiger partial charge < -0.3 is 10.2 Å². The second-order valence-corrected chi connectivity index (χ2v) is 7.52. The Bertz CT molecular complexity index is 316. The van der Waals surface area contributed by atoms with Gasteiger partial charge in [0.05, 0.1) is 0 Å². The Labute approximate surface area is 131 Å². The predicted octanol–water partition coefficient (Wildman–Crippen LogP) is 2.71. The average Bonchev–Trinajstić information content (AvgIpc) is 2.97. The minimum Gasteiger partial charge on any atom is -0.310 e. The Morgan fingerprint density at radius 1 is 1.00 bits per heavy atom. The van der Waals surface area contributed by atoms with Crippen LogP contribution in [-0.2, 0) is 0 Å². The molecule has 0 spiro atoms. The van der Waals surface area contributed by atoms with Gasteiger partial charge in [0.2, 0.25) is 0 Å². The summed E-state index contributed by atoms with van der Waals surface area (Å²) in [6, 6.07) is 2.42. The first-order valence-electron chi connectivity index (χ1n) is 9.52. The van der Waals surface area contributed by atoms with E-state index in [0.717, 1.165) is 24.0 Å². The smallest absolute Gasteiger partial charge is 0.0235 e. The van der Waals surface area contributed by atoms with Crippen molar-refractivity contribution in [3.63, 3.8) is 0 Å². The first kappa shape index (κ1) is 15.8. The molecule has 1 aliphatic carbocycles. The first-order chi connectivity index (χ1) is 10.3. The molecule has 21 heavy (non-hydrogen) atoms. The number of nitrogens with one attached hydrogen (secondary N) is 1. The summed E-state index contributed by atoms with van der Waals surface area (Å²) in [5, 5.41) is 4.00. The molecule has 0 bridgehead atoms. The van der Waals surface area contributed by atoms with E-state index in [1.165, 1.54) is 77.7 Å². The number of hydrogen-bond acceptors (Lipinski definition) is 3. The van der Waals surface area contributed by atoms with Crippen LogP contribution in [0.5, 0.6) is 0 Å². The summed E-state index contributed by atoms with van der Waals surface area (Å²) in [4.78, 5) is 5.37. The van der Waals surface area contributed by atoms with Crippen LogP contribution in [0.25, 0.3) is 0 Å². The van der Waals surface area contributed by atoms with Crippen LogP contribution in [0.15, 0.2) is 0 Å². The fourth-order valence-corrected chi connectivity index (χ4v) is 5.05. The van der Waals surface area contributed by atoms with E-state index in [9.17, 15) is 0 Å². The molecule has 0 radical (unpaired) electrons. The minimum absolute atomic E-state index is 0.764. The van der Waals surface area contributed by atoms with Gasteiger partial charge in [-0.25, -0.2) is 0 Å². The molecule has 0 amide bonds. The van der Waals surface area contributed by atoms with Crippen molar-refractivity contribution < 1.29 is 0 Å². The van der Waals surface area contributed by atoms with Crippen LogP contribution < -0.4 is 5.32 Å². The Hall–Kier alpha value is -0.120. The zero-order valence-electron chi connectivity index (χ0n) is 14.2. The molecule has 3 rings (SSSR count). The molecular formula is C18H35N3. The number of piperidine rings is 1. The highest BCUT2D eigenvalue weighted by molar-refractivity contribution is 4.92. The molecule has 0 aromatic rings. The molecule has 3 aliphatic rings. The zero-order chi connectivity index (χ0) is 14.7. The highest BCUT2D eigenvalue weighted by atomic mass is 15.3. The molecule has 1 saturated carbocycles. The van der Waals surface area contributed by atoms with Crippen molar-refractivity contribution in [1.82, 2.24) is 15.1 Å². The Morgan fingerprint density at radius 3 is 2.62 bits per heavy atom. The molecule has 122 valence electrons. The number of nitrogens with zero attached hydrogens (tertiary/aromatic N) is 2. The average molecular weight is 293 g/mol. The fourth-order valence-electron chi connectivity index (χ4n) is 5.05. The molecule has 4 atom stereocenters. The van der Waals surface area contributed by atoms with E-state index in [0.29, 0.717) is 0 Å². The lowest BCUT2D eigenvalue weighted by Gasteiger charge is -2.41. The van der Waals surface area contributed by atoms with Crippen molar-refractivity contribution in [2.75, 3.05) is 32.7 Å². The minimum atomic E-state index is 0.764. The van der Waals surface area contributed by atoms with Crippen molar-refractivity contribution in [3.8, 4) is 0 Å². The van der Waals surface area contributed by atoms with Gasteiger partial charge in [0.15, 0.2) is 0 Å². The molecule has 2 heterocycles. The van der Waals surface area contributed by atoms with Gasteiger partial charge in [-0.05, 0) is 57.7 Å². The predicted molar refractivity (Wildman–Crippen MR) is 89.7 cm³/mol. The summed E-state index contributed by atoms with van der Waals surface area (Å²) < 4.78 is 0. The van der Waals surface area contributed by atoms with E-state index in [4.69, 9.17) is 0 Å². The van der Waals surface area contributed by atoms with Gasteiger partial charge in [0.1, 0.15) is 0 Å². The van der Waals surface area contributed by atoms with E-state index >= 15 is 0 Å². The molecular weight excluding hydrogens is 258 g/mol. The van der Waals surface area contributed by atoms with Crippen LogP contribution in [0.1, 0.15) is 58.8 Å². The summed E-state index contributed by atoms with van der Waals surface area (Å²) in [6.45, 7) is 10.9. The maximum atomic E-state index is 4.00. The largest absolute Gasteiger partial charge is 0.310 e. The highest BCUT2D eigenvalue weighted by Crippen LogP contribution is 2.32. The van der Waals surface area contributed by atoms with Crippen molar-refractivity contribution in [3.05, 3.63) is 0 Å². The third kappa shape index (κ3) is 3.80.